The zero-order chi connectivity index (χ0) is 22.8. The van der Waals surface area contributed by atoms with Crippen LogP contribution in [0, 0.1) is 0 Å². The average molecular weight is 472 g/mol. The lowest BCUT2D eigenvalue weighted by Gasteiger charge is -2.14. The first-order chi connectivity index (χ1) is 16.1. The van der Waals surface area contributed by atoms with Crippen LogP contribution in [-0.4, -0.2) is 9.97 Å². The Bertz CT molecular complexity index is 1400. The molecular weight excluding hydrogens is 450 g/mol. The molecule has 6 heteroatoms. The van der Waals surface area contributed by atoms with Crippen LogP contribution >= 0.6 is 22.9 Å². The molecule has 0 unspecified atom stereocenters. The molecule has 0 fully saturated rings. The first-order valence-corrected chi connectivity index (χ1v) is 12.0. The fourth-order valence-corrected chi connectivity index (χ4v) is 4.75. The van der Waals surface area contributed by atoms with Crippen LogP contribution in [0.2, 0.25) is 5.02 Å². The summed E-state index contributed by atoms with van der Waals surface area (Å²) in [6.07, 6.45) is 1.58. The number of fused-ring (bicyclic) bond motifs is 1. The van der Waals surface area contributed by atoms with Crippen molar-refractivity contribution in [1.29, 1.82) is 0 Å². The molecule has 164 valence electrons. The van der Waals surface area contributed by atoms with Gasteiger partial charge in [0.1, 0.15) is 22.7 Å². The predicted octanol–water partition coefficient (Wildman–Crippen LogP) is 8.67. The molecule has 0 saturated heterocycles. The van der Waals surface area contributed by atoms with Crippen LogP contribution in [0.4, 0.5) is 11.5 Å². The van der Waals surface area contributed by atoms with Crippen LogP contribution in [0.1, 0.15) is 25.3 Å². The highest BCUT2D eigenvalue weighted by Crippen LogP contribution is 2.40. The van der Waals surface area contributed by atoms with Crippen molar-refractivity contribution < 1.29 is 4.74 Å². The first-order valence-electron chi connectivity index (χ1n) is 10.7. The summed E-state index contributed by atoms with van der Waals surface area (Å²) in [5, 5.41) is 7.17. The maximum absolute atomic E-state index is 6.32. The van der Waals surface area contributed by atoms with Gasteiger partial charge in [-0.1, -0.05) is 67.9 Å². The minimum Gasteiger partial charge on any atom is -0.455 e. The number of thiophene rings is 1. The van der Waals surface area contributed by atoms with Crippen LogP contribution in [0.15, 0.2) is 84.5 Å². The van der Waals surface area contributed by atoms with E-state index in [0.29, 0.717) is 22.5 Å². The van der Waals surface area contributed by atoms with Crippen molar-refractivity contribution in [2.75, 3.05) is 5.32 Å². The molecule has 0 atom stereocenters. The maximum Gasteiger partial charge on any atom is 0.151 e. The van der Waals surface area contributed by atoms with Crippen LogP contribution < -0.4 is 10.1 Å². The molecule has 0 aliphatic carbocycles. The average Bonchev–Trinajstić information content (AvgIpc) is 3.27. The van der Waals surface area contributed by atoms with Crippen LogP contribution in [0.3, 0.4) is 0 Å². The molecule has 1 N–H and O–H groups in total. The fourth-order valence-electron chi connectivity index (χ4n) is 3.66. The number of nitrogens with zero attached hydrogens (tertiary/aromatic N) is 2. The zero-order valence-corrected chi connectivity index (χ0v) is 19.8. The molecule has 0 amide bonds. The standard InChI is InChI=1S/C27H22ClN3OS/c1-17(2)18-8-10-19(11-9-18)22-15-33-27-25(22)26(29-16-30-27)31-23-14-20(28)12-13-24(23)32-21-6-4-3-5-7-21/h3-17H,1-2H3,(H,29,30,31). The summed E-state index contributed by atoms with van der Waals surface area (Å²) >= 11 is 7.93. The SMILES string of the molecule is CC(C)c1ccc(-c2csc3ncnc(Nc4cc(Cl)ccc4Oc4ccccc4)c23)cc1. The molecule has 5 rings (SSSR count). The molecule has 33 heavy (non-hydrogen) atoms. The molecule has 3 aromatic carbocycles. The maximum atomic E-state index is 6.32. The van der Waals surface area contributed by atoms with E-state index >= 15 is 0 Å². The Hall–Kier alpha value is -3.41. The highest BCUT2D eigenvalue weighted by atomic mass is 35.5. The normalized spacial score (nSPS) is 11.2. The second-order valence-corrected chi connectivity index (χ2v) is 9.30. The van der Waals surface area contributed by atoms with Crippen molar-refractivity contribution in [3.63, 3.8) is 0 Å². The number of nitrogens with one attached hydrogen (secondary N) is 1. The molecule has 0 bridgehead atoms. The van der Waals surface area contributed by atoms with Gasteiger partial charge in [0.25, 0.3) is 0 Å². The van der Waals surface area contributed by atoms with Crippen molar-refractivity contribution in [2.45, 2.75) is 19.8 Å². The predicted molar refractivity (Wildman–Crippen MR) is 138 cm³/mol. The number of halogens is 1. The topological polar surface area (TPSA) is 47.0 Å². The smallest absolute Gasteiger partial charge is 0.151 e. The van der Waals surface area contributed by atoms with Gasteiger partial charge < -0.3 is 10.1 Å². The summed E-state index contributed by atoms with van der Waals surface area (Å²) in [5.41, 5.74) is 4.28. The van der Waals surface area contributed by atoms with E-state index < -0.39 is 0 Å². The van der Waals surface area contributed by atoms with Crippen molar-refractivity contribution in [3.05, 3.63) is 95.1 Å². The van der Waals surface area contributed by atoms with E-state index in [1.165, 1.54) is 5.56 Å². The number of ether oxygens (including phenoxy) is 1. The Balaban J connectivity index is 1.55. The van der Waals surface area contributed by atoms with Gasteiger partial charge in [0.05, 0.1) is 11.1 Å². The molecule has 0 aliphatic rings. The van der Waals surface area contributed by atoms with Gasteiger partial charge in [-0.05, 0) is 47.4 Å². The van der Waals surface area contributed by atoms with Crippen molar-refractivity contribution in [2.24, 2.45) is 0 Å². The third-order valence-electron chi connectivity index (χ3n) is 5.42. The van der Waals surface area contributed by atoms with E-state index in [0.717, 1.165) is 32.8 Å². The highest BCUT2D eigenvalue weighted by Gasteiger charge is 2.16. The van der Waals surface area contributed by atoms with Gasteiger partial charge in [0, 0.05) is 16.0 Å². The van der Waals surface area contributed by atoms with Gasteiger partial charge in [-0.2, -0.15) is 0 Å². The molecule has 0 radical (unpaired) electrons. The minimum atomic E-state index is 0.490. The summed E-state index contributed by atoms with van der Waals surface area (Å²) in [7, 11) is 0. The zero-order valence-electron chi connectivity index (χ0n) is 18.2. The second kappa shape index (κ2) is 9.22. The number of rotatable bonds is 6. The van der Waals surface area contributed by atoms with E-state index in [1.54, 1.807) is 17.7 Å². The molecule has 2 heterocycles. The minimum absolute atomic E-state index is 0.490. The molecule has 0 aliphatic heterocycles. The van der Waals surface area contributed by atoms with E-state index in [1.807, 2.05) is 48.5 Å². The number of hydrogen-bond acceptors (Lipinski definition) is 5. The van der Waals surface area contributed by atoms with Gasteiger partial charge in [-0.3, -0.25) is 0 Å². The lowest BCUT2D eigenvalue weighted by atomic mass is 9.99. The van der Waals surface area contributed by atoms with Crippen molar-refractivity contribution in [3.8, 4) is 22.6 Å². The Morgan fingerprint density at radius 1 is 0.939 bits per heavy atom. The third kappa shape index (κ3) is 4.56. The summed E-state index contributed by atoms with van der Waals surface area (Å²) in [6, 6.07) is 23.9. The molecule has 4 nitrogen and oxygen atoms in total. The van der Waals surface area contributed by atoms with Crippen LogP contribution in [0.25, 0.3) is 21.3 Å². The van der Waals surface area contributed by atoms with E-state index in [-0.39, 0.29) is 0 Å². The van der Waals surface area contributed by atoms with Gasteiger partial charge >= 0.3 is 0 Å². The molecule has 0 saturated carbocycles. The number of anilines is 2. The summed E-state index contributed by atoms with van der Waals surface area (Å²) in [5.74, 6) is 2.61. The summed E-state index contributed by atoms with van der Waals surface area (Å²) in [6.45, 7) is 4.40. The Labute approximate surface area is 201 Å². The van der Waals surface area contributed by atoms with Crippen LogP contribution in [-0.2, 0) is 0 Å². The molecule has 2 aromatic heterocycles. The largest absolute Gasteiger partial charge is 0.455 e. The summed E-state index contributed by atoms with van der Waals surface area (Å²) in [4.78, 5) is 9.98. The number of hydrogen-bond donors (Lipinski definition) is 1. The lowest BCUT2D eigenvalue weighted by molar-refractivity contribution is 0.485. The Morgan fingerprint density at radius 2 is 1.73 bits per heavy atom. The fraction of sp³-hybridized carbons (Fsp3) is 0.111. The van der Waals surface area contributed by atoms with Crippen molar-refractivity contribution in [1.82, 2.24) is 9.97 Å². The number of para-hydroxylation sites is 1. The third-order valence-corrected chi connectivity index (χ3v) is 6.55. The quantitative estimate of drug-likeness (QED) is 0.269. The summed E-state index contributed by atoms with van der Waals surface area (Å²) < 4.78 is 6.12. The second-order valence-electron chi connectivity index (χ2n) is 8.01. The van der Waals surface area contributed by atoms with E-state index in [4.69, 9.17) is 16.3 Å². The van der Waals surface area contributed by atoms with E-state index in [2.05, 4.69) is 58.8 Å². The Morgan fingerprint density at radius 3 is 2.48 bits per heavy atom. The lowest BCUT2D eigenvalue weighted by Crippen LogP contribution is -1.98. The molecule has 0 spiro atoms. The van der Waals surface area contributed by atoms with Gasteiger partial charge in [0.15, 0.2) is 5.75 Å². The van der Waals surface area contributed by atoms with Gasteiger partial charge in [-0.15, -0.1) is 11.3 Å². The first kappa shape index (κ1) is 21.4. The highest BCUT2D eigenvalue weighted by molar-refractivity contribution is 7.17. The number of aromatic nitrogens is 2. The Kier molecular flexibility index (Phi) is 5.99. The molecular formula is C27H22ClN3OS. The van der Waals surface area contributed by atoms with Crippen molar-refractivity contribution >= 4 is 44.7 Å². The van der Waals surface area contributed by atoms with Gasteiger partial charge in [-0.25, -0.2) is 9.97 Å². The van der Waals surface area contributed by atoms with E-state index in [9.17, 15) is 0 Å². The monoisotopic (exact) mass is 471 g/mol. The van der Waals surface area contributed by atoms with Crippen LogP contribution in [0.5, 0.6) is 11.5 Å². The van der Waals surface area contributed by atoms with Gasteiger partial charge in [0.2, 0.25) is 0 Å². The number of benzene rings is 3. The molecule has 5 aromatic rings.